The van der Waals surface area contributed by atoms with Crippen molar-refractivity contribution in [2.24, 2.45) is 23.6 Å². The molecule has 1 aromatic carbocycles. The second-order valence-electron chi connectivity index (χ2n) is 6.64. The van der Waals surface area contributed by atoms with Gasteiger partial charge in [-0.15, -0.1) is 0 Å². The molecule has 0 radical (unpaired) electrons. The Hall–Kier alpha value is -0.450. The minimum absolute atomic E-state index is 0.214. The number of benzene rings is 1. The van der Waals surface area contributed by atoms with E-state index >= 15 is 0 Å². The summed E-state index contributed by atoms with van der Waals surface area (Å²) in [6, 6.07) is 5.50. The summed E-state index contributed by atoms with van der Waals surface area (Å²) >= 11 is 3.25. The van der Waals surface area contributed by atoms with Crippen LogP contribution in [0.2, 0.25) is 0 Å². The molecule has 1 fully saturated rings. The molecule has 1 aliphatic carbocycles. The van der Waals surface area contributed by atoms with Gasteiger partial charge in [-0.1, -0.05) is 19.9 Å². The van der Waals surface area contributed by atoms with Gasteiger partial charge >= 0.3 is 0 Å². The smallest absolute Gasteiger partial charge is 0.137 e. The molecule has 0 aliphatic heterocycles. The molecule has 21 heavy (non-hydrogen) atoms. The molecule has 1 saturated carbocycles. The van der Waals surface area contributed by atoms with E-state index in [2.05, 4.69) is 35.2 Å². The van der Waals surface area contributed by atoms with Gasteiger partial charge in [-0.25, -0.2) is 4.39 Å². The molecular formula is C17H26BrFN2. The highest BCUT2D eigenvalue weighted by Crippen LogP contribution is 2.35. The number of hydrogen-bond donors (Lipinski definition) is 2. The van der Waals surface area contributed by atoms with Crippen molar-refractivity contribution in [3.05, 3.63) is 34.1 Å². The van der Waals surface area contributed by atoms with Crippen molar-refractivity contribution in [1.82, 2.24) is 5.43 Å². The fourth-order valence-electron chi connectivity index (χ4n) is 3.50. The third kappa shape index (κ3) is 4.51. The first kappa shape index (κ1) is 16.9. The van der Waals surface area contributed by atoms with Gasteiger partial charge in [0.05, 0.1) is 4.47 Å². The van der Waals surface area contributed by atoms with Gasteiger partial charge in [0.15, 0.2) is 0 Å². The van der Waals surface area contributed by atoms with E-state index in [1.165, 1.54) is 31.7 Å². The lowest BCUT2D eigenvalue weighted by atomic mass is 9.74. The highest BCUT2D eigenvalue weighted by Gasteiger charge is 2.28. The van der Waals surface area contributed by atoms with Crippen LogP contribution >= 0.6 is 15.9 Å². The first-order valence-electron chi connectivity index (χ1n) is 7.91. The van der Waals surface area contributed by atoms with E-state index in [9.17, 15) is 4.39 Å². The van der Waals surface area contributed by atoms with Crippen LogP contribution in [0.1, 0.15) is 45.1 Å². The molecule has 4 heteroatoms. The zero-order chi connectivity index (χ0) is 15.4. The predicted octanol–water partition coefficient (Wildman–Crippen LogP) is 4.43. The van der Waals surface area contributed by atoms with E-state index in [1.807, 2.05) is 12.1 Å². The van der Waals surface area contributed by atoms with Gasteiger partial charge in [0.25, 0.3) is 0 Å². The molecule has 0 heterocycles. The van der Waals surface area contributed by atoms with Gasteiger partial charge in [0.2, 0.25) is 0 Å². The van der Waals surface area contributed by atoms with Crippen LogP contribution in [-0.4, -0.2) is 6.04 Å². The van der Waals surface area contributed by atoms with Crippen LogP contribution in [0, 0.1) is 23.6 Å². The summed E-state index contributed by atoms with van der Waals surface area (Å²) in [5.74, 6) is 7.82. The molecule has 0 bridgehead atoms. The topological polar surface area (TPSA) is 38.0 Å². The van der Waals surface area contributed by atoms with E-state index in [4.69, 9.17) is 5.84 Å². The monoisotopic (exact) mass is 356 g/mol. The first-order chi connectivity index (χ1) is 10.0. The summed E-state index contributed by atoms with van der Waals surface area (Å²) in [6.45, 7) is 4.64. The molecule has 118 valence electrons. The molecule has 0 saturated heterocycles. The Kier molecular flexibility index (Phi) is 6.20. The lowest BCUT2D eigenvalue weighted by Crippen LogP contribution is -2.44. The molecule has 1 unspecified atom stereocenters. The fraction of sp³-hybridized carbons (Fsp3) is 0.647. The number of rotatable bonds is 5. The quantitative estimate of drug-likeness (QED) is 0.605. The molecular weight excluding hydrogens is 331 g/mol. The zero-order valence-electron chi connectivity index (χ0n) is 12.9. The van der Waals surface area contributed by atoms with E-state index in [1.54, 1.807) is 0 Å². The van der Waals surface area contributed by atoms with Crippen molar-refractivity contribution in [1.29, 1.82) is 0 Å². The number of hydrogen-bond acceptors (Lipinski definition) is 2. The van der Waals surface area contributed by atoms with Crippen molar-refractivity contribution in [3.63, 3.8) is 0 Å². The normalized spacial score (nSPS) is 24.3. The van der Waals surface area contributed by atoms with Crippen LogP contribution in [0.15, 0.2) is 22.7 Å². The van der Waals surface area contributed by atoms with Gasteiger partial charge in [-0.2, -0.15) is 0 Å². The maximum atomic E-state index is 13.3. The van der Waals surface area contributed by atoms with Crippen LogP contribution in [0.3, 0.4) is 0 Å². The summed E-state index contributed by atoms with van der Waals surface area (Å²) < 4.78 is 13.8. The molecule has 0 spiro atoms. The Morgan fingerprint density at radius 3 is 2.38 bits per heavy atom. The maximum absolute atomic E-state index is 13.3. The number of hydrazine groups is 1. The van der Waals surface area contributed by atoms with Crippen molar-refractivity contribution in [2.45, 2.75) is 52.0 Å². The predicted molar refractivity (Wildman–Crippen MR) is 89.2 cm³/mol. The second-order valence-corrected chi connectivity index (χ2v) is 7.50. The Morgan fingerprint density at radius 1 is 1.24 bits per heavy atom. The highest BCUT2D eigenvalue weighted by atomic mass is 79.9. The maximum Gasteiger partial charge on any atom is 0.137 e. The molecule has 1 aromatic rings. The van der Waals surface area contributed by atoms with E-state index in [0.717, 1.165) is 23.8 Å². The Labute approximate surface area is 135 Å². The average Bonchev–Trinajstić information content (AvgIpc) is 2.48. The van der Waals surface area contributed by atoms with E-state index < -0.39 is 0 Å². The molecule has 2 nitrogen and oxygen atoms in total. The summed E-state index contributed by atoms with van der Waals surface area (Å²) in [5, 5.41) is 0. The molecule has 1 aliphatic rings. The number of nitrogens with two attached hydrogens (primary N) is 1. The van der Waals surface area contributed by atoms with Crippen molar-refractivity contribution in [2.75, 3.05) is 0 Å². The highest BCUT2D eigenvalue weighted by molar-refractivity contribution is 9.10. The summed E-state index contributed by atoms with van der Waals surface area (Å²) in [6.07, 6.45) is 5.92. The van der Waals surface area contributed by atoms with Crippen molar-refractivity contribution < 1.29 is 4.39 Å². The van der Waals surface area contributed by atoms with Crippen LogP contribution in [0.5, 0.6) is 0 Å². The Bertz CT molecular complexity index is 456. The lowest BCUT2D eigenvalue weighted by molar-refractivity contribution is 0.188. The van der Waals surface area contributed by atoms with E-state index in [0.29, 0.717) is 10.4 Å². The zero-order valence-corrected chi connectivity index (χ0v) is 14.5. The average molecular weight is 357 g/mol. The third-order valence-corrected chi connectivity index (χ3v) is 5.59. The molecule has 0 amide bonds. The number of halogens is 2. The van der Waals surface area contributed by atoms with Gasteiger partial charge in [0, 0.05) is 6.04 Å². The van der Waals surface area contributed by atoms with Gasteiger partial charge in [-0.3, -0.25) is 11.3 Å². The molecule has 1 atom stereocenters. The van der Waals surface area contributed by atoms with Crippen LogP contribution in [-0.2, 0) is 6.42 Å². The minimum Gasteiger partial charge on any atom is -0.271 e. The van der Waals surface area contributed by atoms with Crippen LogP contribution < -0.4 is 11.3 Å². The van der Waals surface area contributed by atoms with Gasteiger partial charge in [-0.05, 0) is 83.5 Å². The Morgan fingerprint density at radius 2 is 1.86 bits per heavy atom. The SMILES string of the molecule is CC(C)C1CCC(C(Cc2ccc(F)c(Br)c2)NN)CC1. The van der Waals surface area contributed by atoms with Gasteiger partial charge < -0.3 is 0 Å². The number of nitrogens with one attached hydrogen (secondary N) is 1. The fourth-order valence-corrected chi connectivity index (χ4v) is 3.92. The molecule has 3 N–H and O–H groups in total. The largest absolute Gasteiger partial charge is 0.271 e. The van der Waals surface area contributed by atoms with Crippen LogP contribution in [0.4, 0.5) is 4.39 Å². The van der Waals surface area contributed by atoms with E-state index in [-0.39, 0.29) is 11.9 Å². The third-order valence-electron chi connectivity index (χ3n) is 4.98. The molecule has 0 aromatic heterocycles. The minimum atomic E-state index is -0.214. The second kappa shape index (κ2) is 7.70. The summed E-state index contributed by atoms with van der Waals surface area (Å²) in [5.41, 5.74) is 4.11. The van der Waals surface area contributed by atoms with Crippen molar-refractivity contribution in [3.8, 4) is 0 Å². The lowest BCUT2D eigenvalue weighted by Gasteiger charge is -2.35. The first-order valence-corrected chi connectivity index (χ1v) is 8.70. The summed E-state index contributed by atoms with van der Waals surface area (Å²) in [7, 11) is 0. The van der Waals surface area contributed by atoms with Crippen LogP contribution in [0.25, 0.3) is 0 Å². The Balaban J connectivity index is 1.95. The summed E-state index contributed by atoms with van der Waals surface area (Å²) in [4.78, 5) is 0. The van der Waals surface area contributed by atoms with Gasteiger partial charge in [0.1, 0.15) is 5.82 Å². The van der Waals surface area contributed by atoms with Crippen molar-refractivity contribution >= 4 is 15.9 Å². The standard InChI is InChI=1S/C17H26BrFN2/c1-11(2)13-4-6-14(7-5-13)17(21-20)10-12-3-8-16(19)15(18)9-12/h3,8-9,11,13-14,17,21H,4-7,10,20H2,1-2H3. The molecule has 2 rings (SSSR count).